The van der Waals surface area contributed by atoms with Gasteiger partial charge in [-0.1, -0.05) is 38.1 Å². The van der Waals surface area contributed by atoms with Crippen molar-refractivity contribution >= 4 is 34.4 Å². The number of rotatable bonds is 7. The van der Waals surface area contributed by atoms with Gasteiger partial charge in [0.2, 0.25) is 17.7 Å². The molecule has 6 rings (SSSR count). The SMILES string of the molecule is Cc1ccc2c(NC(=O)C3(C)CC3)cccc2c1Oc1ncccc1-c1ccnc(NC2CC(C)CN(C(=O)O)C2)n1. The number of anilines is 2. The van der Waals surface area contributed by atoms with Crippen LogP contribution >= 0.6 is 0 Å². The molecule has 2 aromatic heterocycles. The minimum Gasteiger partial charge on any atom is -0.465 e. The van der Waals surface area contributed by atoms with Gasteiger partial charge in [0.15, 0.2) is 0 Å². The fourth-order valence-corrected chi connectivity index (χ4v) is 5.51. The summed E-state index contributed by atoms with van der Waals surface area (Å²) in [5, 5.41) is 17.7. The third-order valence-electron chi connectivity index (χ3n) is 8.17. The van der Waals surface area contributed by atoms with Crippen molar-refractivity contribution in [3.8, 4) is 22.9 Å². The van der Waals surface area contributed by atoms with Gasteiger partial charge in [0, 0.05) is 53.4 Å². The molecule has 3 N–H and O–H groups in total. The van der Waals surface area contributed by atoms with Gasteiger partial charge >= 0.3 is 6.09 Å². The van der Waals surface area contributed by atoms with Gasteiger partial charge in [-0.05, 0) is 61.9 Å². The number of pyridine rings is 1. The number of aryl methyl sites for hydroxylation is 1. The van der Waals surface area contributed by atoms with Crippen molar-refractivity contribution in [1.82, 2.24) is 19.9 Å². The first-order valence-electron chi connectivity index (χ1n) is 14.2. The van der Waals surface area contributed by atoms with Crippen molar-refractivity contribution in [2.45, 2.75) is 46.1 Å². The lowest BCUT2D eigenvalue weighted by Gasteiger charge is -2.35. The highest BCUT2D eigenvalue weighted by molar-refractivity contribution is 6.06. The molecule has 1 aliphatic carbocycles. The third-order valence-corrected chi connectivity index (χ3v) is 8.17. The van der Waals surface area contributed by atoms with E-state index < -0.39 is 6.09 Å². The second-order valence-electron chi connectivity index (χ2n) is 11.7. The number of carbonyl (C=O) groups is 2. The monoisotopic (exact) mass is 566 g/mol. The number of aromatic nitrogens is 3. The van der Waals surface area contributed by atoms with Crippen LogP contribution in [0.2, 0.25) is 0 Å². The summed E-state index contributed by atoms with van der Waals surface area (Å²) in [7, 11) is 0. The number of carbonyl (C=O) groups excluding carboxylic acids is 1. The molecule has 1 aliphatic heterocycles. The Morgan fingerprint density at radius 1 is 1.02 bits per heavy atom. The zero-order valence-corrected chi connectivity index (χ0v) is 23.9. The molecule has 2 aromatic carbocycles. The molecule has 1 saturated carbocycles. The number of nitrogens with one attached hydrogen (secondary N) is 2. The normalized spacial score (nSPS) is 19.3. The number of piperidine rings is 1. The number of hydrogen-bond donors (Lipinski definition) is 3. The van der Waals surface area contributed by atoms with Crippen molar-refractivity contribution < 1.29 is 19.4 Å². The first-order valence-corrected chi connectivity index (χ1v) is 14.2. The maximum Gasteiger partial charge on any atom is 0.407 e. The fraction of sp³-hybridized carbons (Fsp3) is 0.344. The molecule has 2 unspecified atom stereocenters. The number of fused-ring (bicyclic) bond motifs is 1. The molecule has 4 aromatic rings. The molecular weight excluding hydrogens is 532 g/mol. The highest BCUT2D eigenvalue weighted by atomic mass is 16.5. The molecule has 2 aliphatic rings. The minimum atomic E-state index is -0.921. The highest BCUT2D eigenvalue weighted by Gasteiger charge is 2.45. The Labute approximate surface area is 244 Å². The van der Waals surface area contributed by atoms with E-state index >= 15 is 0 Å². The Kier molecular flexibility index (Phi) is 7.14. The quantitative estimate of drug-likeness (QED) is 0.237. The summed E-state index contributed by atoms with van der Waals surface area (Å²) >= 11 is 0. The van der Waals surface area contributed by atoms with E-state index in [-0.39, 0.29) is 23.3 Å². The van der Waals surface area contributed by atoms with Crippen LogP contribution in [0.25, 0.3) is 22.0 Å². The van der Waals surface area contributed by atoms with E-state index in [1.165, 1.54) is 4.90 Å². The molecule has 1 saturated heterocycles. The maximum atomic E-state index is 12.8. The molecule has 42 heavy (non-hydrogen) atoms. The number of hydrogen-bond acceptors (Lipinski definition) is 7. The van der Waals surface area contributed by atoms with Gasteiger partial charge in [-0.3, -0.25) is 4.79 Å². The summed E-state index contributed by atoms with van der Waals surface area (Å²) in [5.41, 5.74) is 2.70. The summed E-state index contributed by atoms with van der Waals surface area (Å²) in [6.07, 6.45) is 5.05. The maximum absolute atomic E-state index is 12.8. The molecule has 2 fully saturated rings. The lowest BCUT2D eigenvalue weighted by Crippen LogP contribution is -2.47. The molecular formula is C32H34N6O4. The zero-order chi connectivity index (χ0) is 29.4. The Hall–Kier alpha value is -4.73. The van der Waals surface area contributed by atoms with Gasteiger partial charge in [-0.25, -0.2) is 19.7 Å². The van der Waals surface area contributed by atoms with Crippen molar-refractivity contribution in [2.75, 3.05) is 23.7 Å². The molecule has 3 heterocycles. The van der Waals surface area contributed by atoms with E-state index in [2.05, 4.69) is 20.6 Å². The van der Waals surface area contributed by atoms with Crippen LogP contribution in [0, 0.1) is 18.3 Å². The smallest absolute Gasteiger partial charge is 0.407 e. The van der Waals surface area contributed by atoms with Gasteiger partial charge in [-0.15, -0.1) is 0 Å². The van der Waals surface area contributed by atoms with E-state index in [9.17, 15) is 14.7 Å². The average Bonchev–Trinajstić information content (AvgIpc) is 3.73. The second-order valence-corrected chi connectivity index (χ2v) is 11.7. The number of benzene rings is 2. The lowest BCUT2D eigenvalue weighted by atomic mass is 9.96. The van der Waals surface area contributed by atoms with Gasteiger partial charge in [0.25, 0.3) is 0 Å². The molecule has 10 nitrogen and oxygen atoms in total. The molecule has 2 amide bonds. The van der Waals surface area contributed by atoms with Gasteiger partial charge in [-0.2, -0.15) is 0 Å². The van der Waals surface area contributed by atoms with Crippen molar-refractivity contribution in [3.05, 3.63) is 66.5 Å². The summed E-state index contributed by atoms with van der Waals surface area (Å²) < 4.78 is 6.52. The highest BCUT2D eigenvalue weighted by Crippen LogP contribution is 2.46. The predicted octanol–water partition coefficient (Wildman–Crippen LogP) is 6.33. The zero-order valence-electron chi connectivity index (χ0n) is 23.9. The van der Waals surface area contributed by atoms with E-state index in [0.717, 1.165) is 41.3 Å². The fourth-order valence-electron chi connectivity index (χ4n) is 5.51. The van der Waals surface area contributed by atoms with Crippen molar-refractivity contribution in [2.24, 2.45) is 11.3 Å². The Bertz CT molecular complexity index is 1670. The average molecular weight is 567 g/mol. The van der Waals surface area contributed by atoms with Gasteiger partial charge in [0.1, 0.15) is 5.75 Å². The van der Waals surface area contributed by atoms with Gasteiger partial charge in [0.05, 0.1) is 11.3 Å². The minimum absolute atomic E-state index is 0.0385. The Morgan fingerprint density at radius 2 is 1.86 bits per heavy atom. The van der Waals surface area contributed by atoms with Crippen LogP contribution in [0.4, 0.5) is 16.4 Å². The molecule has 0 radical (unpaired) electrons. The molecule has 2 atom stereocenters. The van der Waals surface area contributed by atoms with Crippen LogP contribution in [0.5, 0.6) is 11.6 Å². The molecule has 10 heteroatoms. The van der Waals surface area contributed by atoms with Crippen molar-refractivity contribution in [1.29, 1.82) is 0 Å². The first-order chi connectivity index (χ1) is 20.2. The largest absolute Gasteiger partial charge is 0.465 e. The van der Waals surface area contributed by atoms with Crippen LogP contribution in [0.3, 0.4) is 0 Å². The topological polar surface area (TPSA) is 130 Å². The van der Waals surface area contributed by atoms with E-state index in [4.69, 9.17) is 9.72 Å². The molecule has 0 bridgehead atoms. The predicted molar refractivity (Wildman–Crippen MR) is 161 cm³/mol. The van der Waals surface area contributed by atoms with Crippen molar-refractivity contribution in [3.63, 3.8) is 0 Å². The summed E-state index contributed by atoms with van der Waals surface area (Å²) in [5.74, 6) is 1.72. The number of nitrogens with zero attached hydrogens (tertiary/aromatic N) is 4. The number of ether oxygens (including phenoxy) is 1. The first kappa shape index (κ1) is 27.4. The third kappa shape index (κ3) is 5.57. The van der Waals surface area contributed by atoms with Crippen LogP contribution in [0.15, 0.2) is 60.9 Å². The lowest BCUT2D eigenvalue weighted by molar-refractivity contribution is -0.120. The van der Waals surface area contributed by atoms with E-state index in [1.807, 2.05) is 63.2 Å². The van der Waals surface area contributed by atoms with Crippen LogP contribution in [0.1, 0.15) is 38.7 Å². The Morgan fingerprint density at radius 3 is 2.64 bits per heavy atom. The summed E-state index contributed by atoms with van der Waals surface area (Å²) in [4.78, 5) is 39.5. The van der Waals surface area contributed by atoms with E-state index in [0.29, 0.717) is 41.9 Å². The molecule has 216 valence electrons. The van der Waals surface area contributed by atoms with E-state index in [1.54, 1.807) is 18.5 Å². The number of amides is 2. The molecule has 0 spiro atoms. The number of carboxylic acid groups (broad SMARTS) is 1. The standard InChI is InChI=1S/C32H34N6O4/c1-19-16-21(18-38(17-19)31(40)41)35-30-34-15-11-26(37-30)24-7-5-14-33-28(24)42-27-20(2)9-10-22-23(27)6-4-8-25(22)36-29(39)32(3)12-13-32/h4-11,14-15,19,21H,12-13,16-18H2,1-3H3,(H,36,39)(H,40,41)(H,34,35,37). The Balaban J connectivity index is 1.29. The summed E-state index contributed by atoms with van der Waals surface area (Å²) in [6, 6.07) is 15.2. The second kappa shape index (κ2) is 10.9. The summed E-state index contributed by atoms with van der Waals surface area (Å²) in [6.45, 7) is 6.90. The van der Waals surface area contributed by atoms with Crippen LogP contribution in [-0.4, -0.2) is 56.1 Å². The number of likely N-dealkylation sites (tertiary alicyclic amines) is 1. The van der Waals surface area contributed by atoms with Crippen LogP contribution in [-0.2, 0) is 4.79 Å². The van der Waals surface area contributed by atoms with Crippen LogP contribution < -0.4 is 15.4 Å². The van der Waals surface area contributed by atoms with Gasteiger partial charge < -0.3 is 25.4 Å².